The van der Waals surface area contributed by atoms with Crippen molar-refractivity contribution in [3.05, 3.63) is 47.5 Å². The van der Waals surface area contributed by atoms with Crippen LogP contribution in [0, 0.1) is 6.92 Å². The van der Waals surface area contributed by atoms with Crippen LogP contribution in [0.25, 0.3) is 11.0 Å². The average Bonchev–Trinajstić information content (AvgIpc) is 3.21. The highest BCUT2D eigenvalue weighted by Crippen LogP contribution is 2.28. The highest BCUT2D eigenvalue weighted by molar-refractivity contribution is 5.75. The Labute approximate surface area is 130 Å². The number of rotatable bonds is 3. The van der Waals surface area contributed by atoms with Gasteiger partial charge in [-0.2, -0.15) is 5.10 Å². The summed E-state index contributed by atoms with van der Waals surface area (Å²) in [5, 5.41) is 7.33. The molecule has 3 aromatic rings. The fourth-order valence-electron chi connectivity index (χ4n) is 3.52. The van der Waals surface area contributed by atoms with Gasteiger partial charge < -0.3 is 4.57 Å². The molecule has 3 heterocycles. The van der Waals surface area contributed by atoms with Crippen LogP contribution < -0.4 is 0 Å². The number of H-pyrrole nitrogens is 1. The van der Waals surface area contributed by atoms with Crippen LogP contribution in [0.4, 0.5) is 0 Å². The first-order chi connectivity index (χ1) is 10.7. The number of aromatic nitrogens is 4. The molecule has 0 unspecified atom stereocenters. The van der Waals surface area contributed by atoms with E-state index < -0.39 is 0 Å². The Balaban J connectivity index is 1.52. The Morgan fingerprint density at radius 2 is 2.18 bits per heavy atom. The highest BCUT2D eigenvalue weighted by Gasteiger charge is 2.27. The highest BCUT2D eigenvalue weighted by atomic mass is 15.2. The Kier molecular flexibility index (Phi) is 3.22. The second-order valence-electron chi connectivity index (χ2n) is 6.26. The van der Waals surface area contributed by atoms with E-state index in [1.54, 1.807) is 0 Å². The van der Waals surface area contributed by atoms with Crippen molar-refractivity contribution in [2.24, 2.45) is 7.05 Å². The van der Waals surface area contributed by atoms with Gasteiger partial charge in [-0.1, -0.05) is 12.1 Å². The summed E-state index contributed by atoms with van der Waals surface area (Å²) < 4.78 is 2.21. The van der Waals surface area contributed by atoms with Gasteiger partial charge in [-0.05, 0) is 37.6 Å². The van der Waals surface area contributed by atoms with Gasteiger partial charge in [0.05, 0.1) is 23.8 Å². The van der Waals surface area contributed by atoms with Gasteiger partial charge in [0, 0.05) is 25.2 Å². The molecule has 1 atom stereocenters. The molecule has 0 bridgehead atoms. The molecule has 4 rings (SSSR count). The van der Waals surface area contributed by atoms with Gasteiger partial charge >= 0.3 is 0 Å². The third-order valence-corrected chi connectivity index (χ3v) is 4.79. The minimum Gasteiger partial charge on any atom is -0.330 e. The molecule has 0 spiro atoms. The lowest BCUT2D eigenvalue weighted by molar-refractivity contribution is 0.314. The number of aromatic amines is 1. The number of likely N-dealkylation sites (tertiary alicyclic amines) is 1. The van der Waals surface area contributed by atoms with Gasteiger partial charge in [0.15, 0.2) is 0 Å². The van der Waals surface area contributed by atoms with E-state index >= 15 is 0 Å². The fourth-order valence-corrected chi connectivity index (χ4v) is 3.52. The summed E-state index contributed by atoms with van der Waals surface area (Å²) in [5.74, 6) is 1.71. The van der Waals surface area contributed by atoms with Crippen molar-refractivity contribution < 1.29 is 0 Å². The van der Waals surface area contributed by atoms with E-state index in [0.29, 0.717) is 5.92 Å². The van der Waals surface area contributed by atoms with Gasteiger partial charge in [0.1, 0.15) is 5.82 Å². The smallest absolute Gasteiger partial charge is 0.123 e. The molecule has 0 radical (unpaired) electrons. The molecule has 5 heteroatoms. The van der Waals surface area contributed by atoms with Crippen LogP contribution in [0.5, 0.6) is 0 Å². The number of imidazole rings is 1. The maximum atomic E-state index is 4.78. The van der Waals surface area contributed by atoms with Gasteiger partial charge in [-0.15, -0.1) is 0 Å². The third-order valence-electron chi connectivity index (χ3n) is 4.79. The Hall–Kier alpha value is -2.14. The number of fused-ring (bicyclic) bond motifs is 1. The van der Waals surface area contributed by atoms with Crippen LogP contribution in [0.1, 0.15) is 29.4 Å². The van der Waals surface area contributed by atoms with Crippen molar-refractivity contribution in [3.63, 3.8) is 0 Å². The number of benzene rings is 1. The summed E-state index contributed by atoms with van der Waals surface area (Å²) in [6.45, 7) is 5.24. The van der Waals surface area contributed by atoms with Crippen LogP contribution in [0.2, 0.25) is 0 Å². The zero-order valence-electron chi connectivity index (χ0n) is 13.1. The zero-order valence-corrected chi connectivity index (χ0v) is 13.1. The van der Waals surface area contributed by atoms with Crippen LogP contribution in [-0.2, 0) is 13.6 Å². The van der Waals surface area contributed by atoms with E-state index in [4.69, 9.17) is 4.98 Å². The van der Waals surface area contributed by atoms with Crippen LogP contribution in [-0.4, -0.2) is 37.7 Å². The molecule has 22 heavy (non-hydrogen) atoms. The second kappa shape index (κ2) is 5.25. The average molecular weight is 295 g/mol. The number of para-hydroxylation sites is 2. The molecule has 1 saturated heterocycles. The summed E-state index contributed by atoms with van der Waals surface area (Å²) in [6.07, 6.45) is 3.11. The summed E-state index contributed by atoms with van der Waals surface area (Å²) >= 11 is 0. The molecule has 0 saturated carbocycles. The van der Waals surface area contributed by atoms with Gasteiger partial charge in [0.2, 0.25) is 0 Å². The minimum atomic E-state index is 0.567. The monoisotopic (exact) mass is 295 g/mol. The van der Waals surface area contributed by atoms with E-state index in [1.807, 2.05) is 12.3 Å². The first-order valence-electron chi connectivity index (χ1n) is 7.85. The van der Waals surface area contributed by atoms with Crippen molar-refractivity contribution in [2.75, 3.05) is 13.1 Å². The molecular weight excluding hydrogens is 274 g/mol. The summed E-state index contributed by atoms with van der Waals surface area (Å²) in [4.78, 5) is 7.27. The molecule has 0 aliphatic carbocycles. The van der Waals surface area contributed by atoms with E-state index in [-0.39, 0.29) is 0 Å². The molecule has 114 valence electrons. The number of aryl methyl sites for hydroxylation is 2. The van der Waals surface area contributed by atoms with Crippen LogP contribution in [0.15, 0.2) is 30.5 Å². The normalized spacial score (nSPS) is 19.3. The summed E-state index contributed by atoms with van der Waals surface area (Å²) in [7, 11) is 2.11. The van der Waals surface area contributed by atoms with E-state index in [1.165, 1.54) is 23.2 Å². The minimum absolute atomic E-state index is 0.567. The zero-order chi connectivity index (χ0) is 15.1. The lowest BCUT2D eigenvalue weighted by Crippen LogP contribution is -2.22. The van der Waals surface area contributed by atoms with Crippen LogP contribution >= 0.6 is 0 Å². The van der Waals surface area contributed by atoms with Crippen molar-refractivity contribution >= 4 is 11.0 Å². The number of nitrogens with zero attached hydrogens (tertiary/aromatic N) is 4. The Morgan fingerprint density at radius 3 is 2.95 bits per heavy atom. The Morgan fingerprint density at radius 1 is 1.32 bits per heavy atom. The maximum absolute atomic E-state index is 4.78. The third kappa shape index (κ3) is 2.22. The number of hydrogen-bond donors (Lipinski definition) is 1. The first-order valence-corrected chi connectivity index (χ1v) is 7.85. The van der Waals surface area contributed by atoms with Crippen molar-refractivity contribution in [3.8, 4) is 0 Å². The lowest BCUT2D eigenvalue weighted by Gasteiger charge is -2.15. The Bertz CT molecular complexity index is 800. The lowest BCUT2D eigenvalue weighted by atomic mass is 10.0. The number of nitrogens with one attached hydrogen (secondary N) is 1. The summed E-state index contributed by atoms with van der Waals surface area (Å²) in [5.41, 5.74) is 4.86. The molecule has 1 aliphatic rings. The first kappa shape index (κ1) is 13.5. The van der Waals surface area contributed by atoms with Crippen LogP contribution in [0.3, 0.4) is 0 Å². The molecular formula is C17H21N5. The van der Waals surface area contributed by atoms with Crippen molar-refractivity contribution in [2.45, 2.75) is 25.8 Å². The molecule has 1 aromatic carbocycles. The van der Waals surface area contributed by atoms with Gasteiger partial charge in [0.25, 0.3) is 0 Å². The molecule has 1 fully saturated rings. The van der Waals surface area contributed by atoms with Gasteiger partial charge in [-0.25, -0.2) is 4.98 Å². The van der Waals surface area contributed by atoms with E-state index in [0.717, 1.165) is 31.0 Å². The standard InChI is InChI=1S/C17H21N5/c1-12-9-18-20-17(12)13-7-8-22(10-13)11-16-19-14-5-3-4-6-15(14)21(16)2/h3-6,9,13H,7-8,10-11H2,1-2H3,(H,18,20)/t13-/m0/s1. The predicted molar refractivity (Wildman–Crippen MR) is 86.7 cm³/mol. The summed E-state index contributed by atoms with van der Waals surface area (Å²) in [6, 6.07) is 8.33. The molecule has 2 aromatic heterocycles. The number of hydrogen-bond acceptors (Lipinski definition) is 3. The molecule has 1 N–H and O–H groups in total. The second-order valence-corrected chi connectivity index (χ2v) is 6.26. The van der Waals surface area contributed by atoms with E-state index in [9.17, 15) is 0 Å². The molecule has 1 aliphatic heterocycles. The van der Waals surface area contributed by atoms with Crippen molar-refractivity contribution in [1.29, 1.82) is 0 Å². The fraction of sp³-hybridized carbons (Fsp3) is 0.412. The quantitative estimate of drug-likeness (QED) is 0.808. The van der Waals surface area contributed by atoms with Crippen molar-refractivity contribution in [1.82, 2.24) is 24.6 Å². The largest absolute Gasteiger partial charge is 0.330 e. The molecule has 5 nitrogen and oxygen atoms in total. The SMILES string of the molecule is Cc1cn[nH]c1[C@H]1CCN(Cc2nc3ccccc3n2C)C1. The van der Waals surface area contributed by atoms with Gasteiger partial charge in [-0.3, -0.25) is 10.00 Å². The van der Waals surface area contributed by atoms with E-state index in [2.05, 4.69) is 51.8 Å². The topological polar surface area (TPSA) is 49.7 Å². The predicted octanol–water partition coefficient (Wildman–Crippen LogP) is 2.59. The maximum Gasteiger partial charge on any atom is 0.123 e. The molecule has 0 amide bonds.